The van der Waals surface area contributed by atoms with Gasteiger partial charge in [0.2, 0.25) is 0 Å². The number of rotatable bonds is 5. The number of fused-ring (bicyclic) bond motifs is 1. The zero-order chi connectivity index (χ0) is 17.2. The van der Waals surface area contributed by atoms with Crippen molar-refractivity contribution in [2.45, 2.75) is 31.2 Å². The smallest absolute Gasteiger partial charge is 0.252 e. The summed E-state index contributed by atoms with van der Waals surface area (Å²) in [5.41, 5.74) is 2.79. The number of hydrogen-bond donors (Lipinski definition) is 2. The summed E-state index contributed by atoms with van der Waals surface area (Å²) in [6.45, 7) is 2.64. The second kappa shape index (κ2) is 6.88. The maximum absolute atomic E-state index is 12.5. The highest BCUT2D eigenvalue weighted by Gasteiger charge is 2.27. The number of carbonyl (C=O) groups excluding carboxylic acids is 1. The Kier molecular flexibility index (Phi) is 4.44. The summed E-state index contributed by atoms with van der Waals surface area (Å²) in [7, 11) is 2.16. The van der Waals surface area contributed by atoms with E-state index in [1.165, 1.54) is 12.8 Å². The fraction of sp³-hybridized carbons (Fsp3) is 0.474. The number of pyridine rings is 1. The van der Waals surface area contributed by atoms with Crippen LogP contribution in [-0.2, 0) is 0 Å². The van der Waals surface area contributed by atoms with Gasteiger partial charge in [-0.25, -0.2) is 4.98 Å². The van der Waals surface area contributed by atoms with Gasteiger partial charge < -0.3 is 20.0 Å². The molecule has 2 unspecified atom stereocenters. The van der Waals surface area contributed by atoms with Gasteiger partial charge in [0.15, 0.2) is 0 Å². The van der Waals surface area contributed by atoms with Crippen LogP contribution in [0.2, 0.25) is 0 Å². The van der Waals surface area contributed by atoms with Crippen molar-refractivity contribution in [2.75, 3.05) is 32.0 Å². The molecule has 0 aromatic carbocycles. The van der Waals surface area contributed by atoms with E-state index < -0.39 is 0 Å². The largest absolute Gasteiger partial charge is 0.472 e. The monoisotopic (exact) mass is 340 g/mol. The maximum Gasteiger partial charge on any atom is 0.252 e. The minimum absolute atomic E-state index is 0.0474. The minimum atomic E-state index is -0.0474. The Labute approximate surface area is 147 Å². The van der Waals surface area contributed by atoms with Crippen molar-refractivity contribution in [1.29, 1.82) is 0 Å². The number of amides is 1. The quantitative estimate of drug-likeness (QED) is 0.875. The molecule has 132 valence electrons. The molecule has 2 aromatic rings. The lowest BCUT2D eigenvalue weighted by Crippen LogP contribution is -2.31. The van der Waals surface area contributed by atoms with Crippen LogP contribution in [0.25, 0.3) is 0 Å². The molecule has 0 saturated carbocycles. The van der Waals surface area contributed by atoms with Gasteiger partial charge in [0.25, 0.3) is 5.91 Å². The Morgan fingerprint density at radius 1 is 1.52 bits per heavy atom. The number of nitrogens with zero attached hydrogens (tertiary/aromatic N) is 2. The van der Waals surface area contributed by atoms with E-state index in [9.17, 15) is 4.79 Å². The molecule has 0 spiro atoms. The van der Waals surface area contributed by atoms with Crippen molar-refractivity contribution in [1.82, 2.24) is 15.2 Å². The van der Waals surface area contributed by atoms with E-state index in [1.54, 1.807) is 18.7 Å². The van der Waals surface area contributed by atoms with Gasteiger partial charge in [-0.2, -0.15) is 0 Å². The molecule has 6 heteroatoms. The van der Waals surface area contributed by atoms with E-state index in [0.29, 0.717) is 18.2 Å². The number of likely N-dealkylation sites (tertiary alicyclic amines) is 1. The van der Waals surface area contributed by atoms with Gasteiger partial charge in [-0.3, -0.25) is 4.79 Å². The van der Waals surface area contributed by atoms with Crippen LogP contribution in [0.1, 0.15) is 46.7 Å². The summed E-state index contributed by atoms with van der Waals surface area (Å²) in [5.74, 6) is 0.991. The van der Waals surface area contributed by atoms with Gasteiger partial charge in [0, 0.05) is 36.8 Å². The summed E-state index contributed by atoms with van der Waals surface area (Å²) < 4.78 is 5.20. The molecule has 0 bridgehead atoms. The normalized spacial score (nSPS) is 22.6. The first-order chi connectivity index (χ1) is 12.2. The number of furan rings is 1. The second-order valence-electron chi connectivity index (χ2n) is 6.97. The van der Waals surface area contributed by atoms with Gasteiger partial charge in [-0.15, -0.1) is 0 Å². The van der Waals surface area contributed by atoms with E-state index in [4.69, 9.17) is 4.42 Å². The Bertz CT molecular complexity index is 744. The van der Waals surface area contributed by atoms with Crippen LogP contribution in [0.15, 0.2) is 35.3 Å². The molecule has 2 atom stereocenters. The van der Waals surface area contributed by atoms with E-state index >= 15 is 0 Å². The minimum Gasteiger partial charge on any atom is -0.472 e. The molecule has 2 aromatic heterocycles. The summed E-state index contributed by atoms with van der Waals surface area (Å²) >= 11 is 0. The Morgan fingerprint density at radius 3 is 3.20 bits per heavy atom. The van der Waals surface area contributed by atoms with Gasteiger partial charge in [0.05, 0.1) is 18.1 Å². The fourth-order valence-electron chi connectivity index (χ4n) is 3.90. The number of nitrogens with one attached hydrogen (secondary N) is 2. The predicted octanol–water partition coefficient (Wildman–Crippen LogP) is 2.45. The third kappa shape index (κ3) is 3.26. The Morgan fingerprint density at radius 2 is 2.44 bits per heavy atom. The zero-order valence-corrected chi connectivity index (χ0v) is 14.5. The molecule has 2 N–H and O–H groups in total. The highest BCUT2D eigenvalue weighted by Crippen LogP contribution is 2.35. The van der Waals surface area contributed by atoms with Crippen molar-refractivity contribution < 1.29 is 9.21 Å². The number of carbonyl (C=O) groups is 1. The van der Waals surface area contributed by atoms with Crippen LogP contribution < -0.4 is 10.6 Å². The van der Waals surface area contributed by atoms with Gasteiger partial charge >= 0.3 is 0 Å². The SMILES string of the molecule is CN1CCCC1CCNC(=O)c1cnc2c(c1)C(c1ccoc1)CN2. The maximum atomic E-state index is 12.5. The van der Waals surface area contributed by atoms with E-state index in [0.717, 1.165) is 36.5 Å². The lowest BCUT2D eigenvalue weighted by molar-refractivity contribution is 0.0950. The molecular formula is C19H24N4O2. The molecule has 0 aliphatic carbocycles. The molecule has 2 aliphatic heterocycles. The summed E-state index contributed by atoms with van der Waals surface area (Å²) in [5, 5.41) is 6.34. The topological polar surface area (TPSA) is 70.4 Å². The summed E-state index contributed by atoms with van der Waals surface area (Å²) in [6.07, 6.45) is 8.57. The van der Waals surface area contributed by atoms with Crippen LogP contribution in [0.3, 0.4) is 0 Å². The molecule has 25 heavy (non-hydrogen) atoms. The number of anilines is 1. The van der Waals surface area contributed by atoms with Crippen LogP contribution in [0.4, 0.5) is 5.82 Å². The Hall–Kier alpha value is -2.34. The van der Waals surface area contributed by atoms with Gasteiger partial charge in [0.1, 0.15) is 5.82 Å². The summed E-state index contributed by atoms with van der Waals surface area (Å²) in [4.78, 5) is 19.3. The predicted molar refractivity (Wildman–Crippen MR) is 95.9 cm³/mol. The van der Waals surface area contributed by atoms with Crippen molar-refractivity contribution >= 4 is 11.7 Å². The molecule has 2 aliphatic rings. The second-order valence-corrected chi connectivity index (χ2v) is 6.97. The van der Waals surface area contributed by atoms with Crippen molar-refractivity contribution in [3.8, 4) is 0 Å². The molecular weight excluding hydrogens is 316 g/mol. The number of aromatic nitrogens is 1. The average molecular weight is 340 g/mol. The zero-order valence-electron chi connectivity index (χ0n) is 14.5. The highest BCUT2D eigenvalue weighted by molar-refractivity contribution is 5.94. The molecule has 0 radical (unpaired) electrons. The van der Waals surface area contributed by atoms with Crippen LogP contribution in [0, 0.1) is 0 Å². The third-order valence-electron chi connectivity index (χ3n) is 5.41. The van der Waals surface area contributed by atoms with Crippen molar-refractivity contribution in [2.24, 2.45) is 0 Å². The average Bonchev–Trinajstić information content (AvgIpc) is 3.34. The van der Waals surface area contributed by atoms with Crippen LogP contribution >= 0.6 is 0 Å². The van der Waals surface area contributed by atoms with E-state index in [2.05, 4.69) is 27.6 Å². The van der Waals surface area contributed by atoms with Gasteiger partial charge in [-0.05, 0) is 50.6 Å². The Balaban J connectivity index is 1.41. The molecule has 4 heterocycles. The van der Waals surface area contributed by atoms with Crippen LogP contribution in [-0.4, -0.2) is 48.5 Å². The third-order valence-corrected chi connectivity index (χ3v) is 5.41. The lowest BCUT2D eigenvalue weighted by atomic mass is 9.95. The first kappa shape index (κ1) is 16.1. The molecule has 1 fully saturated rings. The van der Waals surface area contributed by atoms with E-state index in [1.807, 2.05) is 12.1 Å². The van der Waals surface area contributed by atoms with Gasteiger partial charge in [-0.1, -0.05) is 0 Å². The summed E-state index contributed by atoms with van der Waals surface area (Å²) in [6, 6.07) is 4.51. The molecule has 1 amide bonds. The standard InChI is InChI=1S/C19H24N4O2/c1-23-7-2-3-15(23)4-6-20-19(24)14-9-16-17(13-5-8-25-12-13)11-22-18(16)21-10-14/h5,8-10,12,15,17H,2-4,6-7,11H2,1H3,(H,20,24)(H,21,22). The lowest BCUT2D eigenvalue weighted by Gasteiger charge is -2.19. The fourth-order valence-corrected chi connectivity index (χ4v) is 3.90. The molecule has 1 saturated heterocycles. The molecule has 4 rings (SSSR count). The van der Waals surface area contributed by atoms with Crippen molar-refractivity contribution in [3.05, 3.63) is 47.5 Å². The number of hydrogen-bond acceptors (Lipinski definition) is 5. The van der Waals surface area contributed by atoms with Crippen molar-refractivity contribution in [3.63, 3.8) is 0 Å². The first-order valence-corrected chi connectivity index (χ1v) is 8.96. The van der Waals surface area contributed by atoms with E-state index in [-0.39, 0.29) is 11.8 Å². The molecule has 6 nitrogen and oxygen atoms in total. The van der Waals surface area contributed by atoms with Crippen LogP contribution in [0.5, 0.6) is 0 Å². The highest BCUT2D eigenvalue weighted by atomic mass is 16.3. The first-order valence-electron chi connectivity index (χ1n) is 8.96.